The number of anilines is 1. The second-order valence-corrected chi connectivity index (χ2v) is 5.11. The number of amides is 1. The number of para-hydroxylation sites is 1. The molecule has 2 aromatic carbocycles. The van der Waals surface area contributed by atoms with Gasteiger partial charge in [0.05, 0.1) is 20.3 Å². The largest absolute Gasteiger partial charge is 0.497 e. The van der Waals surface area contributed by atoms with Crippen molar-refractivity contribution >= 4 is 11.6 Å². The molecule has 23 heavy (non-hydrogen) atoms. The quantitative estimate of drug-likeness (QED) is 0.780. The van der Waals surface area contributed by atoms with Crippen molar-refractivity contribution in [3.63, 3.8) is 0 Å². The number of carbonyl (C=O) groups is 1. The third-order valence-electron chi connectivity index (χ3n) is 3.45. The highest BCUT2D eigenvalue weighted by molar-refractivity contribution is 5.81. The second-order valence-electron chi connectivity index (χ2n) is 5.11. The summed E-state index contributed by atoms with van der Waals surface area (Å²) in [7, 11) is 1.62. The molecule has 0 radical (unpaired) electrons. The zero-order valence-electron chi connectivity index (χ0n) is 13.2. The fourth-order valence-corrected chi connectivity index (χ4v) is 2.27. The molecule has 0 spiro atoms. The van der Waals surface area contributed by atoms with Gasteiger partial charge in [0.15, 0.2) is 0 Å². The Balaban J connectivity index is 1.91. The Bertz CT molecular complexity index is 617. The van der Waals surface area contributed by atoms with Crippen molar-refractivity contribution < 1.29 is 14.6 Å². The molecule has 5 nitrogen and oxygen atoms in total. The van der Waals surface area contributed by atoms with Gasteiger partial charge in [0.1, 0.15) is 5.75 Å². The van der Waals surface area contributed by atoms with Crippen LogP contribution in [0.15, 0.2) is 54.6 Å². The Morgan fingerprint density at radius 2 is 1.96 bits per heavy atom. The summed E-state index contributed by atoms with van der Waals surface area (Å²) in [6, 6.07) is 17.2. The van der Waals surface area contributed by atoms with Gasteiger partial charge < -0.3 is 20.1 Å². The van der Waals surface area contributed by atoms with Crippen molar-refractivity contribution in [1.82, 2.24) is 5.32 Å². The van der Waals surface area contributed by atoms with Crippen LogP contribution in [0.3, 0.4) is 0 Å². The molecular weight excluding hydrogens is 292 g/mol. The van der Waals surface area contributed by atoms with E-state index in [9.17, 15) is 9.90 Å². The Morgan fingerprint density at radius 1 is 1.17 bits per heavy atom. The Hall–Kier alpha value is -2.53. The van der Waals surface area contributed by atoms with E-state index in [1.165, 1.54) is 0 Å². The molecule has 0 bridgehead atoms. The fourth-order valence-electron chi connectivity index (χ4n) is 2.27. The standard InChI is InChI=1S/C18H22N2O3/c1-23-17-9-5-6-15(12-17)13-19-18(22)14-20(10-11-21)16-7-3-2-4-8-16/h2-9,12,21H,10-11,13-14H2,1H3,(H,19,22). The van der Waals surface area contributed by atoms with E-state index < -0.39 is 0 Å². The molecule has 2 N–H and O–H groups in total. The normalized spacial score (nSPS) is 10.2. The topological polar surface area (TPSA) is 61.8 Å². The van der Waals surface area contributed by atoms with Crippen molar-refractivity contribution in [2.75, 3.05) is 31.7 Å². The minimum Gasteiger partial charge on any atom is -0.497 e. The summed E-state index contributed by atoms with van der Waals surface area (Å²) in [6.07, 6.45) is 0. The Morgan fingerprint density at radius 3 is 2.65 bits per heavy atom. The highest BCUT2D eigenvalue weighted by Gasteiger charge is 2.11. The summed E-state index contributed by atoms with van der Waals surface area (Å²) >= 11 is 0. The van der Waals surface area contributed by atoms with Crippen LogP contribution in [0.2, 0.25) is 0 Å². The maximum atomic E-state index is 12.2. The number of ether oxygens (including phenoxy) is 1. The first-order chi connectivity index (χ1) is 11.2. The van der Waals surface area contributed by atoms with Gasteiger partial charge in [-0.15, -0.1) is 0 Å². The van der Waals surface area contributed by atoms with Gasteiger partial charge in [-0.05, 0) is 29.8 Å². The predicted molar refractivity (Wildman–Crippen MR) is 90.6 cm³/mol. The molecule has 1 amide bonds. The van der Waals surface area contributed by atoms with Crippen LogP contribution in [0.1, 0.15) is 5.56 Å². The van der Waals surface area contributed by atoms with E-state index in [0.717, 1.165) is 17.0 Å². The molecule has 0 unspecified atom stereocenters. The lowest BCUT2D eigenvalue weighted by Gasteiger charge is -2.23. The highest BCUT2D eigenvalue weighted by Crippen LogP contribution is 2.13. The molecule has 2 aromatic rings. The van der Waals surface area contributed by atoms with E-state index in [4.69, 9.17) is 4.74 Å². The third kappa shape index (κ3) is 5.30. The molecule has 0 saturated heterocycles. The van der Waals surface area contributed by atoms with E-state index in [0.29, 0.717) is 13.1 Å². The van der Waals surface area contributed by atoms with Gasteiger partial charge >= 0.3 is 0 Å². The van der Waals surface area contributed by atoms with Crippen LogP contribution >= 0.6 is 0 Å². The lowest BCUT2D eigenvalue weighted by Crippen LogP contribution is -2.38. The van der Waals surface area contributed by atoms with Gasteiger partial charge in [0, 0.05) is 18.8 Å². The molecule has 0 aliphatic carbocycles. The number of nitrogens with one attached hydrogen (secondary N) is 1. The van der Waals surface area contributed by atoms with Crippen LogP contribution in [-0.2, 0) is 11.3 Å². The average molecular weight is 314 g/mol. The zero-order valence-corrected chi connectivity index (χ0v) is 13.2. The SMILES string of the molecule is COc1cccc(CNC(=O)CN(CCO)c2ccccc2)c1. The van der Waals surface area contributed by atoms with Crippen molar-refractivity contribution in [2.45, 2.75) is 6.54 Å². The molecule has 2 rings (SSSR count). The number of carbonyl (C=O) groups excluding carboxylic acids is 1. The monoisotopic (exact) mass is 314 g/mol. The summed E-state index contributed by atoms with van der Waals surface area (Å²) in [5, 5.41) is 12.1. The number of hydrogen-bond acceptors (Lipinski definition) is 4. The minimum absolute atomic E-state index is 0.00193. The van der Waals surface area contributed by atoms with E-state index in [1.54, 1.807) is 7.11 Å². The molecular formula is C18H22N2O3. The zero-order chi connectivity index (χ0) is 16.5. The molecule has 122 valence electrons. The summed E-state index contributed by atoms with van der Waals surface area (Å²) in [4.78, 5) is 14.0. The van der Waals surface area contributed by atoms with Gasteiger partial charge in [0.25, 0.3) is 0 Å². The third-order valence-corrected chi connectivity index (χ3v) is 3.45. The van der Waals surface area contributed by atoms with Gasteiger partial charge in [-0.25, -0.2) is 0 Å². The summed E-state index contributed by atoms with van der Waals surface area (Å²) < 4.78 is 5.17. The maximum absolute atomic E-state index is 12.2. The molecule has 5 heteroatoms. The van der Waals surface area contributed by atoms with Gasteiger partial charge in [-0.3, -0.25) is 4.79 Å². The number of aliphatic hydroxyl groups is 1. The molecule has 0 atom stereocenters. The first-order valence-electron chi connectivity index (χ1n) is 7.53. The molecule has 0 fully saturated rings. The number of benzene rings is 2. The maximum Gasteiger partial charge on any atom is 0.239 e. The van der Waals surface area contributed by atoms with E-state index in [-0.39, 0.29) is 19.1 Å². The number of hydrogen-bond donors (Lipinski definition) is 2. The van der Waals surface area contributed by atoms with Crippen molar-refractivity contribution in [1.29, 1.82) is 0 Å². The van der Waals surface area contributed by atoms with Gasteiger partial charge in [0.2, 0.25) is 5.91 Å². The lowest BCUT2D eigenvalue weighted by molar-refractivity contribution is -0.119. The van der Waals surface area contributed by atoms with Crippen molar-refractivity contribution in [3.8, 4) is 5.75 Å². The number of methoxy groups -OCH3 is 1. The van der Waals surface area contributed by atoms with E-state index in [2.05, 4.69) is 5.32 Å². The minimum atomic E-state index is -0.0925. The fraction of sp³-hybridized carbons (Fsp3) is 0.278. The highest BCUT2D eigenvalue weighted by atomic mass is 16.5. The van der Waals surface area contributed by atoms with Crippen LogP contribution in [0.25, 0.3) is 0 Å². The number of aliphatic hydroxyl groups excluding tert-OH is 1. The molecule has 0 aliphatic heterocycles. The Kier molecular flexibility index (Phi) is 6.44. The summed E-state index contributed by atoms with van der Waals surface area (Å²) in [5.74, 6) is 0.674. The van der Waals surface area contributed by atoms with E-state index in [1.807, 2.05) is 59.5 Å². The molecule has 0 aromatic heterocycles. The molecule has 0 saturated carbocycles. The van der Waals surface area contributed by atoms with Gasteiger partial charge in [-0.1, -0.05) is 30.3 Å². The smallest absolute Gasteiger partial charge is 0.239 e. The summed E-state index contributed by atoms with van der Waals surface area (Å²) in [6.45, 7) is 1.06. The summed E-state index contributed by atoms with van der Waals surface area (Å²) in [5.41, 5.74) is 1.89. The van der Waals surface area contributed by atoms with Crippen LogP contribution in [0.4, 0.5) is 5.69 Å². The second kappa shape index (κ2) is 8.80. The Labute approximate surface area is 136 Å². The first kappa shape index (κ1) is 16.8. The molecule has 0 heterocycles. The van der Waals surface area contributed by atoms with Crippen LogP contribution in [0, 0.1) is 0 Å². The lowest BCUT2D eigenvalue weighted by atomic mass is 10.2. The average Bonchev–Trinajstić information content (AvgIpc) is 2.60. The molecule has 0 aliphatic rings. The van der Waals surface area contributed by atoms with Crippen LogP contribution < -0.4 is 15.0 Å². The van der Waals surface area contributed by atoms with Crippen molar-refractivity contribution in [2.24, 2.45) is 0 Å². The first-order valence-corrected chi connectivity index (χ1v) is 7.53. The van der Waals surface area contributed by atoms with Crippen molar-refractivity contribution in [3.05, 3.63) is 60.2 Å². The number of nitrogens with zero attached hydrogens (tertiary/aromatic N) is 1. The van der Waals surface area contributed by atoms with Gasteiger partial charge in [-0.2, -0.15) is 0 Å². The predicted octanol–water partition coefficient (Wildman–Crippen LogP) is 1.81. The van der Waals surface area contributed by atoms with E-state index >= 15 is 0 Å². The van der Waals surface area contributed by atoms with Crippen LogP contribution in [-0.4, -0.2) is 37.8 Å². The van der Waals surface area contributed by atoms with Crippen LogP contribution in [0.5, 0.6) is 5.75 Å². The number of rotatable bonds is 8.